The van der Waals surface area contributed by atoms with Gasteiger partial charge < -0.3 is 19.9 Å². The van der Waals surface area contributed by atoms with E-state index < -0.39 is 11.6 Å². The highest BCUT2D eigenvalue weighted by atomic mass is 79.9. The predicted molar refractivity (Wildman–Crippen MR) is 154 cm³/mol. The number of hydrogen-bond acceptors (Lipinski definition) is 5. The molecule has 0 saturated carbocycles. The van der Waals surface area contributed by atoms with E-state index in [0.29, 0.717) is 44.1 Å². The average Bonchev–Trinajstić information content (AvgIpc) is 3.31. The summed E-state index contributed by atoms with van der Waals surface area (Å²) in [5.74, 6) is 0.877. The Morgan fingerprint density at radius 1 is 1.16 bits per heavy atom. The topological polar surface area (TPSA) is 80.2 Å². The lowest BCUT2D eigenvalue weighted by atomic mass is 9.84. The quantitative estimate of drug-likeness (QED) is 0.214. The number of carbonyl (C=O) groups excluding carboxylic acids is 1. The molecule has 4 rings (SSSR count). The van der Waals surface area contributed by atoms with Gasteiger partial charge in [-0.3, -0.25) is 4.79 Å². The van der Waals surface area contributed by atoms with Crippen molar-refractivity contribution in [3.8, 4) is 5.75 Å². The molecular weight excluding hydrogens is 544 g/mol. The van der Waals surface area contributed by atoms with Crippen molar-refractivity contribution in [3.05, 3.63) is 112 Å². The molecule has 3 aromatic rings. The second-order valence-corrected chi connectivity index (χ2v) is 10.1. The molecule has 0 unspecified atom stereocenters. The third-order valence-corrected chi connectivity index (χ3v) is 7.22. The fraction of sp³-hybridized carbons (Fsp3) is 0.290. The Morgan fingerprint density at radius 2 is 1.89 bits per heavy atom. The first-order valence-electron chi connectivity index (χ1n) is 12.8. The number of aliphatic hydroxyl groups is 1. The minimum Gasteiger partial charge on any atom is -0.494 e. The highest BCUT2D eigenvalue weighted by Crippen LogP contribution is 2.44. The summed E-state index contributed by atoms with van der Waals surface area (Å²) in [6, 6.07) is 23.4. The number of aliphatic imine (C=N–C) groups is 1. The molecule has 1 aliphatic heterocycles. The van der Waals surface area contributed by atoms with Gasteiger partial charge in [0, 0.05) is 41.6 Å². The monoisotopic (exact) mass is 576 g/mol. The van der Waals surface area contributed by atoms with Crippen LogP contribution < -0.4 is 10.1 Å². The molecule has 0 radical (unpaired) electrons. The van der Waals surface area contributed by atoms with E-state index >= 15 is 0 Å². The Hall–Kier alpha value is -3.42. The highest BCUT2D eigenvalue weighted by Gasteiger charge is 2.52. The van der Waals surface area contributed by atoms with Gasteiger partial charge in [-0.05, 0) is 49.2 Å². The van der Waals surface area contributed by atoms with E-state index in [1.54, 1.807) is 6.08 Å². The van der Waals surface area contributed by atoms with Gasteiger partial charge >= 0.3 is 0 Å². The number of nitrogens with one attached hydrogen (secondary N) is 1. The van der Waals surface area contributed by atoms with Gasteiger partial charge in [0.25, 0.3) is 5.91 Å². The van der Waals surface area contributed by atoms with Crippen LogP contribution in [0.1, 0.15) is 41.2 Å². The Morgan fingerprint density at radius 3 is 2.58 bits per heavy atom. The van der Waals surface area contributed by atoms with Crippen LogP contribution in [0.4, 0.5) is 0 Å². The zero-order valence-corrected chi connectivity index (χ0v) is 23.1. The minimum atomic E-state index is -1.22. The highest BCUT2D eigenvalue weighted by molar-refractivity contribution is 9.10. The van der Waals surface area contributed by atoms with E-state index in [4.69, 9.17) is 19.6 Å². The molecule has 198 valence electrons. The van der Waals surface area contributed by atoms with E-state index in [2.05, 4.69) is 59.0 Å². The molecule has 2 atom stereocenters. The van der Waals surface area contributed by atoms with Crippen molar-refractivity contribution in [2.24, 2.45) is 4.99 Å². The van der Waals surface area contributed by atoms with Crippen LogP contribution in [0.2, 0.25) is 0 Å². The molecular formula is C31H33BrN2O4. The first-order chi connectivity index (χ1) is 18.5. The van der Waals surface area contributed by atoms with Gasteiger partial charge in [-0.15, -0.1) is 6.58 Å². The normalized spacial score (nSPS) is 18.4. The number of nitrogens with zero attached hydrogens (tertiary/aromatic N) is 1. The van der Waals surface area contributed by atoms with Crippen molar-refractivity contribution >= 4 is 27.7 Å². The molecule has 1 heterocycles. The summed E-state index contributed by atoms with van der Waals surface area (Å²) in [4.78, 5) is 18.8. The SMILES string of the molecule is C=CC[C@@]1(C(=O)NCCc2ccc(C)cc2)N=C(c2ccc(OCCCO)cc2)O[C@@H]1c1ccccc1Br. The predicted octanol–water partition coefficient (Wildman–Crippen LogP) is 5.71. The molecule has 1 aliphatic rings. The number of carbonyl (C=O) groups is 1. The van der Waals surface area contributed by atoms with E-state index in [9.17, 15) is 4.79 Å². The molecule has 7 heteroatoms. The van der Waals surface area contributed by atoms with Crippen LogP contribution >= 0.6 is 15.9 Å². The second kappa shape index (κ2) is 12.9. The van der Waals surface area contributed by atoms with Crippen molar-refractivity contribution in [1.29, 1.82) is 0 Å². The van der Waals surface area contributed by atoms with E-state index in [1.807, 2.05) is 48.5 Å². The van der Waals surface area contributed by atoms with Gasteiger partial charge in [-0.2, -0.15) is 0 Å². The maximum Gasteiger partial charge on any atom is 0.252 e. The van der Waals surface area contributed by atoms with Crippen molar-refractivity contribution in [1.82, 2.24) is 5.32 Å². The smallest absolute Gasteiger partial charge is 0.252 e. The van der Waals surface area contributed by atoms with Crippen LogP contribution in [0.5, 0.6) is 5.75 Å². The van der Waals surface area contributed by atoms with Gasteiger partial charge in [0.1, 0.15) is 5.75 Å². The molecule has 0 aliphatic carbocycles. The van der Waals surface area contributed by atoms with Crippen LogP contribution in [-0.2, 0) is 16.0 Å². The summed E-state index contributed by atoms with van der Waals surface area (Å²) in [6.07, 6.45) is 2.66. The fourth-order valence-electron chi connectivity index (χ4n) is 4.43. The molecule has 0 aromatic heterocycles. The number of aryl methyl sites for hydroxylation is 1. The second-order valence-electron chi connectivity index (χ2n) is 9.29. The Bertz CT molecular complexity index is 1270. The van der Waals surface area contributed by atoms with Gasteiger partial charge in [0.2, 0.25) is 5.90 Å². The summed E-state index contributed by atoms with van der Waals surface area (Å²) in [5.41, 5.74) is 2.73. The number of aliphatic hydroxyl groups excluding tert-OH is 1. The number of rotatable bonds is 12. The molecule has 38 heavy (non-hydrogen) atoms. The van der Waals surface area contributed by atoms with Crippen LogP contribution in [-0.4, -0.2) is 42.2 Å². The first-order valence-corrected chi connectivity index (χ1v) is 13.6. The molecule has 0 fully saturated rings. The van der Waals surface area contributed by atoms with Crippen molar-refractivity contribution in [2.75, 3.05) is 19.8 Å². The lowest BCUT2D eigenvalue weighted by Gasteiger charge is -2.30. The minimum absolute atomic E-state index is 0.0810. The Labute approximate surface area is 232 Å². The summed E-state index contributed by atoms with van der Waals surface area (Å²) in [5, 5.41) is 12.1. The molecule has 3 aromatic carbocycles. The van der Waals surface area contributed by atoms with E-state index in [0.717, 1.165) is 21.2 Å². The summed E-state index contributed by atoms with van der Waals surface area (Å²) in [7, 11) is 0. The van der Waals surface area contributed by atoms with Crippen LogP contribution in [0.25, 0.3) is 0 Å². The zero-order valence-electron chi connectivity index (χ0n) is 21.5. The summed E-state index contributed by atoms with van der Waals surface area (Å²) < 4.78 is 13.0. The molecule has 2 N–H and O–H groups in total. The van der Waals surface area contributed by atoms with Gasteiger partial charge in [-0.25, -0.2) is 4.99 Å². The van der Waals surface area contributed by atoms with Crippen LogP contribution in [0.15, 0.2) is 94.9 Å². The first kappa shape index (κ1) is 27.6. The third kappa shape index (κ3) is 6.34. The van der Waals surface area contributed by atoms with E-state index in [-0.39, 0.29) is 12.5 Å². The maximum absolute atomic E-state index is 13.9. The Kier molecular flexibility index (Phi) is 9.37. The number of halogens is 1. The number of amides is 1. The summed E-state index contributed by atoms with van der Waals surface area (Å²) >= 11 is 3.64. The van der Waals surface area contributed by atoms with Crippen molar-refractivity contribution in [2.45, 2.75) is 37.8 Å². The molecule has 0 saturated heterocycles. The number of hydrogen-bond donors (Lipinski definition) is 2. The lowest BCUT2D eigenvalue weighted by Crippen LogP contribution is -2.48. The zero-order chi connectivity index (χ0) is 27.0. The maximum atomic E-state index is 13.9. The molecule has 0 bridgehead atoms. The number of ether oxygens (including phenoxy) is 2. The van der Waals surface area contributed by atoms with Gasteiger partial charge in [0.15, 0.2) is 11.6 Å². The third-order valence-electron chi connectivity index (χ3n) is 6.49. The molecule has 6 nitrogen and oxygen atoms in total. The van der Waals surface area contributed by atoms with Crippen LogP contribution in [0, 0.1) is 6.92 Å². The lowest BCUT2D eigenvalue weighted by molar-refractivity contribution is -0.128. The fourth-order valence-corrected chi connectivity index (χ4v) is 4.92. The van der Waals surface area contributed by atoms with Gasteiger partial charge in [-0.1, -0.05) is 70.0 Å². The van der Waals surface area contributed by atoms with Crippen molar-refractivity contribution < 1.29 is 19.4 Å². The molecule has 0 spiro atoms. The standard InChI is InChI=1S/C31H33BrN2O4/c1-3-18-31(30(36)33-19-17-23-11-9-22(2)10-12-23)28(26-7-4-5-8-27(26)32)38-29(34-31)24-13-15-25(16-14-24)37-21-6-20-35/h3-5,7-16,28,35H,1,6,17-21H2,2H3,(H,33,36)/t28-,31-/m1/s1. The summed E-state index contributed by atoms with van der Waals surface area (Å²) in [6.45, 7) is 6.98. The van der Waals surface area contributed by atoms with Crippen molar-refractivity contribution in [3.63, 3.8) is 0 Å². The Balaban J connectivity index is 1.62. The van der Waals surface area contributed by atoms with E-state index in [1.165, 1.54) is 5.56 Å². The number of benzene rings is 3. The average molecular weight is 578 g/mol. The van der Waals surface area contributed by atoms with Gasteiger partial charge in [0.05, 0.1) is 6.61 Å². The van der Waals surface area contributed by atoms with Crippen LogP contribution in [0.3, 0.4) is 0 Å². The largest absolute Gasteiger partial charge is 0.494 e. The molecule has 1 amide bonds.